The average Bonchev–Trinajstić information content (AvgIpc) is 2.35. The van der Waals surface area contributed by atoms with Crippen molar-refractivity contribution >= 4 is 17.7 Å². The molecule has 0 bridgehead atoms. The Kier molecular flexibility index (Phi) is 7.02. The van der Waals surface area contributed by atoms with E-state index in [4.69, 9.17) is 10.9 Å². The standard InChI is InChI=1S/C15H29N3O4/c1-9(2)7-15(13(16)21,8-10(19)18-22)11(12(20)17-6)14(3,4)5/h9,11,22H,7-8H2,1-6H3,(H2,16,21)(H,17,20)(H,18,19)/t11-,15?/m0/s1. The average molecular weight is 315 g/mol. The lowest BCUT2D eigenvalue weighted by atomic mass is 9.58. The van der Waals surface area contributed by atoms with Gasteiger partial charge in [-0.1, -0.05) is 34.6 Å². The Bertz CT molecular complexity index is 429. The second-order valence-corrected chi connectivity index (χ2v) is 7.24. The highest BCUT2D eigenvalue weighted by Gasteiger charge is 2.53. The second kappa shape index (κ2) is 7.58. The molecule has 0 aromatic heterocycles. The Morgan fingerprint density at radius 1 is 1.18 bits per heavy atom. The fraction of sp³-hybridized carbons (Fsp3) is 0.800. The number of hydrogen-bond acceptors (Lipinski definition) is 4. The van der Waals surface area contributed by atoms with Crippen LogP contribution in [-0.4, -0.2) is 30.0 Å². The highest BCUT2D eigenvalue weighted by molar-refractivity contribution is 5.94. The van der Waals surface area contributed by atoms with Crippen molar-refractivity contribution in [1.82, 2.24) is 10.8 Å². The minimum atomic E-state index is -1.38. The normalized spacial score (nSPS) is 15.8. The number of nitrogens with two attached hydrogens (primary N) is 1. The van der Waals surface area contributed by atoms with Crippen LogP contribution in [-0.2, 0) is 14.4 Å². The van der Waals surface area contributed by atoms with Gasteiger partial charge in [0.05, 0.1) is 11.3 Å². The first-order valence-electron chi connectivity index (χ1n) is 7.36. The van der Waals surface area contributed by atoms with E-state index in [9.17, 15) is 14.4 Å². The van der Waals surface area contributed by atoms with Gasteiger partial charge in [0, 0.05) is 13.5 Å². The lowest BCUT2D eigenvalue weighted by Crippen LogP contribution is -2.56. The fourth-order valence-electron chi connectivity index (χ4n) is 3.29. The van der Waals surface area contributed by atoms with Gasteiger partial charge in [-0.3, -0.25) is 19.6 Å². The summed E-state index contributed by atoms with van der Waals surface area (Å²) >= 11 is 0. The van der Waals surface area contributed by atoms with E-state index in [2.05, 4.69) is 5.32 Å². The van der Waals surface area contributed by atoms with E-state index in [0.29, 0.717) is 0 Å². The summed E-state index contributed by atoms with van der Waals surface area (Å²) in [6.07, 6.45) is -0.0719. The summed E-state index contributed by atoms with van der Waals surface area (Å²) < 4.78 is 0. The zero-order valence-electron chi connectivity index (χ0n) is 14.3. The number of rotatable bonds is 7. The van der Waals surface area contributed by atoms with Gasteiger partial charge in [-0.25, -0.2) is 5.48 Å². The van der Waals surface area contributed by atoms with Crippen molar-refractivity contribution in [1.29, 1.82) is 0 Å². The van der Waals surface area contributed by atoms with Gasteiger partial charge in [-0.15, -0.1) is 0 Å². The molecule has 0 spiro atoms. The molecular formula is C15H29N3O4. The van der Waals surface area contributed by atoms with E-state index < -0.39 is 28.6 Å². The quantitative estimate of drug-likeness (QED) is 0.410. The molecule has 0 aliphatic carbocycles. The Labute approximate surface area is 132 Å². The molecule has 22 heavy (non-hydrogen) atoms. The first-order chi connectivity index (χ1) is 9.92. The van der Waals surface area contributed by atoms with E-state index in [0.717, 1.165) is 0 Å². The van der Waals surface area contributed by atoms with Gasteiger partial charge >= 0.3 is 0 Å². The maximum atomic E-state index is 12.4. The van der Waals surface area contributed by atoms with Crippen LogP contribution < -0.4 is 16.5 Å². The van der Waals surface area contributed by atoms with Crippen molar-refractivity contribution in [3.05, 3.63) is 0 Å². The summed E-state index contributed by atoms with van der Waals surface area (Å²) in [4.78, 5) is 36.5. The molecule has 5 N–H and O–H groups in total. The third-order valence-electron chi connectivity index (χ3n) is 3.79. The number of carbonyl (C=O) groups excluding carboxylic acids is 3. The van der Waals surface area contributed by atoms with Gasteiger partial charge in [0.1, 0.15) is 0 Å². The third-order valence-corrected chi connectivity index (χ3v) is 3.79. The Balaban J connectivity index is 6.21. The van der Waals surface area contributed by atoms with E-state index in [1.54, 1.807) is 0 Å². The van der Waals surface area contributed by atoms with E-state index in [1.165, 1.54) is 12.5 Å². The van der Waals surface area contributed by atoms with Crippen LogP contribution in [0.3, 0.4) is 0 Å². The SMILES string of the molecule is CNC(=O)[C@@H](C(C)(C)C)C(CC(=O)NO)(CC(C)C)C(N)=O. The Morgan fingerprint density at radius 3 is 1.95 bits per heavy atom. The Hall–Kier alpha value is -1.63. The zero-order valence-corrected chi connectivity index (χ0v) is 14.3. The molecule has 0 saturated carbocycles. The van der Waals surface area contributed by atoms with Crippen LogP contribution in [0.1, 0.15) is 47.5 Å². The van der Waals surface area contributed by atoms with Gasteiger partial charge < -0.3 is 11.1 Å². The molecule has 0 aromatic carbocycles. The van der Waals surface area contributed by atoms with Gasteiger partial charge in [0.2, 0.25) is 17.7 Å². The molecule has 2 atom stereocenters. The number of amides is 3. The maximum absolute atomic E-state index is 12.4. The molecule has 0 fully saturated rings. The van der Waals surface area contributed by atoms with Crippen molar-refractivity contribution in [3.8, 4) is 0 Å². The molecule has 0 saturated heterocycles. The van der Waals surface area contributed by atoms with Crippen molar-refractivity contribution in [2.45, 2.75) is 47.5 Å². The number of nitrogens with one attached hydrogen (secondary N) is 2. The number of hydrogen-bond donors (Lipinski definition) is 4. The van der Waals surface area contributed by atoms with Crippen LogP contribution in [0, 0.1) is 22.7 Å². The highest BCUT2D eigenvalue weighted by atomic mass is 16.5. The van der Waals surface area contributed by atoms with Crippen LogP contribution in [0.15, 0.2) is 0 Å². The molecule has 1 unspecified atom stereocenters. The maximum Gasteiger partial charge on any atom is 0.244 e. The highest BCUT2D eigenvalue weighted by Crippen LogP contribution is 2.47. The monoisotopic (exact) mass is 315 g/mol. The third kappa shape index (κ3) is 4.69. The first kappa shape index (κ1) is 20.4. The molecule has 0 aromatic rings. The van der Waals surface area contributed by atoms with E-state index in [1.807, 2.05) is 34.6 Å². The summed E-state index contributed by atoms with van der Waals surface area (Å²) in [5.74, 6) is -2.57. The summed E-state index contributed by atoms with van der Waals surface area (Å²) in [7, 11) is 1.48. The molecule has 3 amide bonds. The van der Waals surface area contributed by atoms with Gasteiger partial charge in [-0.2, -0.15) is 0 Å². The zero-order chi connectivity index (χ0) is 17.7. The van der Waals surface area contributed by atoms with Gasteiger partial charge in [-0.05, 0) is 17.8 Å². The van der Waals surface area contributed by atoms with Crippen LogP contribution in [0.4, 0.5) is 0 Å². The summed E-state index contributed by atoms with van der Waals surface area (Å²) in [5.41, 5.74) is 5.19. The predicted molar refractivity (Wildman–Crippen MR) is 82.6 cm³/mol. The number of carbonyl (C=O) groups is 3. The predicted octanol–water partition coefficient (Wildman–Crippen LogP) is 0.808. The van der Waals surface area contributed by atoms with Gasteiger partial charge in [0.25, 0.3) is 0 Å². The molecular weight excluding hydrogens is 286 g/mol. The second-order valence-electron chi connectivity index (χ2n) is 7.24. The summed E-state index contributed by atoms with van der Waals surface area (Å²) in [6, 6.07) is 0. The first-order valence-corrected chi connectivity index (χ1v) is 7.36. The fourth-order valence-corrected chi connectivity index (χ4v) is 3.29. The lowest BCUT2D eigenvalue weighted by molar-refractivity contribution is -0.152. The number of primary amides is 1. The molecule has 0 radical (unpaired) electrons. The molecule has 0 rings (SSSR count). The Morgan fingerprint density at radius 2 is 1.68 bits per heavy atom. The number of hydroxylamine groups is 1. The topological polar surface area (TPSA) is 122 Å². The van der Waals surface area contributed by atoms with E-state index in [-0.39, 0.29) is 24.7 Å². The van der Waals surface area contributed by atoms with E-state index >= 15 is 0 Å². The summed E-state index contributed by atoms with van der Waals surface area (Å²) in [5, 5.41) is 11.4. The minimum absolute atomic E-state index is 0.0356. The largest absolute Gasteiger partial charge is 0.369 e. The van der Waals surface area contributed by atoms with Crippen LogP contribution in [0.25, 0.3) is 0 Å². The van der Waals surface area contributed by atoms with Crippen LogP contribution >= 0.6 is 0 Å². The van der Waals surface area contributed by atoms with Crippen LogP contribution in [0.2, 0.25) is 0 Å². The lowest BCUT2D eigenvalue weighted by Gasteiger charge is -2.44. The van der Waals surface area contributed by atoms with Crippen molar-refractivity contribution in [2.24, 2.45) is 28.4 Å². The summed E-state index contributed by atoms with van der Waals surface area (Å²) in [6.45, 7) is 9.24. The molecule has 7 nitrogen and oxygen atoms in total. The molecule has 0 aliphatic heterocycles. The van der Waals surface area contributed by atoms with Crippen molar-refractivity contribution in [2.75, 3.05) is 7.05 Å². The van der Waals surface area contributed by atoms with Crippen LogP contribution in [0.5, 0.6) is 0 Å². The molecule has 7 heteroatoms. The minimum Gasteiger partial charge on any atom is -0.369 e. The van der Waals surface area contributed by atoms with Gasteiger partial charge in [0.15, 0.2) is 0 Å². The van der Waals surface area contributed by atoms with Crippen molar-refractivity contribution < 1.29 is 19.6 Å². The molecule has 0 aliphatic rings. The smallest absolute Gasteiger partial charge is 0.244 e. The molecule has 128 valence electrons. The van der Waals surface area contributed by atoms with Crippen molar-refractivity contribution in [3.63, 3.8) is 0 Å². The molecule has 0 heterocycles.